The summed E-state index contributed by atoms with van der Waals surface area (Å²) in [5.41, 5.74) is 0. The van der Waals surface area contributed by atoms with Crippen molar-refractivity contribution in [2.24, 2.45) is 13.0 Å². The molecule has 0 aliphatic rings. The molecule has 86 valence electrons. The first-order chi connectivity index (χ1) is 7.06. The first kappa shape index (κ1) is 12.2. The Bertz CT molecular complexity index is 304. The van der Waals surface area contributed by atoms with Gasteiger partial charge in [-0.1, -0.05) is 20.8 Å². The molecule has 1 heterocycles. The van der Waals surface area contributed by atoms with Crippen molar-refractivity contribution in [3.8, 4) is 0 Å². The molecule has 4 heteroatoms. The lowest BCUT2D eigenvalue weighted by Gasteiger charge is -2.20. The van der Waals surface area contributed by atoms with Crippen molar-refractivity contribution in [2.45, 2.75) is 46.7 Å². The maximum absolute atomic E-state index is 4.13. The molecular formula is C11H22N4. The summed E-state index contributed by atoms with van der Waals surface area (Å²) in [6, 6.07) is 0.557. The van der Waals surface area contributed by atoms with E-state index in [-0.39, 0.29) is 0 Å². The van der Waals surface area contributed by atoms with Gasteiger partial charge in [-0.2, -0.15) is 0 Å². The Balaban J connectivity index is 2.53. The van der Waals surface area contributed by atoms with E-state index in [4.69, 9.17) is 0 Å². The molecule has 1 N–H and O–H groups in total. The maximum Gasteiger partial charge on any atom is 0.146 e. The highest BCUT2D eigenvalue weighted by Gasteiger charge is 2.12. The highest BCUT2D eigenvalue weighted by Crippen LogP contribution is 2.06. The number of aromatic nitrogens is 3. The minimum atomic E-state index is 0.557. The highest BCUT2D eigenvalue weighted by atomic mass is 15.3. The molecule has 0 bridgehead atoms. The van der Waals surface area contributed by atoms with E-state index in [0.717, 1.165) is 24.6 Å². The van der Waals surface area contributed by atoms with Gasteiger partial charge in [-0.15, -0.1) is 10.2 Å². The zero-order valence-corrected chi connectivity index (χ0v) is 10.4. The third-order valence-electron chi connectivity index (χ3n) is 2.95. The van der Waals surface area contributed by atoms with Crippen molar-refractivity contribution in [1.29, 1.82) is 0 Å². The van der Waals surface area contributed by atoms with Gasteiger partial charge in [0, 0.05) is 13.1 Å². The largest absolute Gasteiger partial charge is 0.317 e. The van der Waals surface area contributed by atoms with Crippen LogP contribution in [0.3, 0.4) is 0 Å². The molecule has 1 unspecified atom stereocenters. The van der Waals surface area contributed by atoms with Crippen LogP contribution in [0.25, 0.3) is 0 Å². The van der Waals surface area contributed by atoms with Crippen LogP contribution >= 0.6 is 0 Å². The van der Waals surface area contributed by atoms with Crippen LogP contribution in [0, 0.1) is 12.8 Å². The fraction of sp³-hybridized carbons (Fsp3) is 0.818. The number of rotatable bonds is 5. The number of hydrogen-bond donors (Lipinski definition) is 1. The second-order valence-electron chi connectivity index (χ2n) is 4.36. The molecule has 0 radical (unpaired) electrons. The van der Waals surface area contributed by atoms with Crippen LogP contribution in [0.2, 0.25) is 0 Å². The Kier molecular flexibility index (Phi) is 4.27. The maximum atomic E-state index is 4.13. The van der Waals surface area contributed by atoms with Crippen LogP contribution in [0.5, 0.6) is 0 Å². The molecule has 4 nitrogen and oxygen atoms in total. The van der Waals surface area contributed by atoms with Crippen LogP contribution in [-0.4, -0.2) is 20.8 Å². The lowest BCUT2D eigenvalue weighted by molar-refractivity contribution is 0.381. The fourth-order valence-electron chi connectivity index (χ4n) is 1.68. The SMILES string of the molecule is CCC(NCc1nnc(C)n1C)C(C)C. The van der Waals surface area contributed by atoms with Gasteiger partial charge in [0.25, 0.3) is 0 Å². The van der Waals surface area contributed by atoms with E-state index in [9.17, 15) is 0 Å². The van der Waals surface area contributed by atoms with E-state index in [1.54, 1.807) is 0 Å². The zero-order chi connectivity index (χ0) is 11.4. The van der Waals surface area contributed by atoms with E-state index >= 15 is 0 Å². The van der Waals surface area contributed by atoms with Crippen molar-refractivity contribution in [2.75, 3.05) is 0 Å². The lowest BCUT2D eigenvalue weighted by atomic mass is 10.0. The minimum absolute atomic E-state index is 0.557. The van der Waals surface area contributed by atoms with Gasteiger partial charge in [0.05, 0.1) is 6.54 Å². The van der Waals surface area contributed by atoms with Crippen molar-refractivity contribution in [3.05, 3.63) is 11.6 Å². The average Bonchev–Trinajstić information content (AvgIpc) is 2.49. The molecule has 0 aliphatic heterocycles. The average molecular weight is 210 g/mol. The van der Waals surface area contributed by atoms with E-state index in [1.165, 1.54) is 0 Å². The second kappa shape index (κ2) is 5.26. The summed E-state index contributed by atoms with van der Waals surface area (Å²) in [7, 11) is 2.00. The molecule has 1 rings (SSSR count). The van der Waals surface area contributed by atoms with Crippen molar-refractivity contribution >= 4 is 0 Å². The predicted octanol–water partition coefficient (Wildman–Crippen LogP) is 1.65. The van der Waals surface area contributed by atoms with Gasteiger partial charge in [-0.05, 0) is 19.3 Å². The van der Waals surface area contributed by atoms with E-state index in [2.05, 4.69) is 36.3 Å². The van der Waals surface area contributed by atoms with Crippen LogP contribution in [0.15, 0.2) is 0 Å². The second-order valence-corrected chi connectivity index (χ2v) is 4.36. The first-order valence-corrected chi connectivity index (χ1v) is 5.64. The summed E-state index contributed by atoms with van der Waals surface area (Å²) in [6.07, 6.45) is 1.15. The fourth-order valence-corrected chi connectivity index (χ4v) is 1.68. The monoisotopic (exact) mass is 210 g/mol. The van der Waals surface area contributed by atoms with Gasteiger partial charge in [0.1, 0.15) is 11.6 Å². The van der Waals surface area contributed by atoms with Gasteiger partial charge in [0.2, 0.25) is 0 Å². The zero-order valence-electron chi connectivity index (χ0n) is 10.4. The standard InChI is InChI=1S/C11H22N4/c1-6-10(8(2)3)12-7-11-14-13-9(4)15(11)5/h8,10,12H,6-7H2,1-5H3. The number of hydrogen-bond acceptors (Lipinski definition) is 3. The molecule has 0 amide bonds. The van der Waals surface area contributed by atoms with Crippen molar-refractivity contribution in [3.63, 3.8) is 0 Å². The molecule has 0 fully saturated rings. The quantitative estimate of drug-likeness (QED) is 0.803. The van der Waals surface area contributed by atoms with Gasteiger partial charge < -0.3 is 9.88 Å². The summed E-state index contributed by atoms with van der Waals surface area (Å²) in [6.45, 7) is 9.45. The third kappa shape index (κ3) is 3.02. The number of nitrogens with zero attached hydrogens (tertiary/aromatic N) is 3. The Labute approximate surface area is 92.1 Å². The summed E-state index contributed by atoms with van der Waals surface area (Å²) >= 11 is 0. The summed E-state index contributed by atoms with van der Waals surface area (Å²) in [4.78, 5) is 0. The molecule has 1 aromatic heterocycles. The van der Waals surface area contributed by atoms with E-state index in [0.29, 0.717) is 12.0 Å². The molecule has 0 aliphatic carbocycles. The van der Waals surface area contributed by atoms with E-state index in [1.807, 2.05) is 18.5 Å². The Morgan fingerprint density at radius 3 is 2.40 bits per heavy atom. The normalized spacial score (nSPS) is 13.5. The minimum Gasteiger partial charge on any atom is -0.317 e. The molecule has 0 aromatic carbocycles. The predicted molar refractivity (Wildman–Crippen MR) is 61.5 cm³/mol. The Morgan fingerprint density at radius 1 is 1.33 bits per heavy atom. The molecule has 1 atom stereocenters. The molecule has 1 aromatic rings. The van der Waals surface area contributed by atoms with Crippen molar-refractivity contribution < 1.29 is 0 Å². The van der Waals surface area contributed by atoms with Crippen molar-refractivity contribution in [1.82, 2.24) is 20.1 Å². The Morgan fingerprint density at radius 2 is 2.00 bits per heavy atom. The Hall–Kier alpha value is -0.900. The van der Waals surface area contributed by atoms with Crippen LogP contribution in [0.1, 0.15) is 38.8 Å². The van der Waals surface area contributed by atoms with Gasteiger partial charge >= 0.3 is 0 Å². The van der Waals surface area contributed by atoms with Crippen LogP contribution in [-0.2, 0) is 13.6 Å². The summed E-state index contributed by atoms with van der Waals surface area (Å²) in [5.74, 6) is 2.63. The van der Waals surface area contributed by atoms with Crippen LogP contribution in [0.4, 0.5) is 0 Å². The highest BCUT2D eigenvalue weighted by molar-refractivity contribution is 4.92. The van der Waals surface area contributed by atoms with Gasteiger partial charge in [-0.25, -0.2) is 0 Å². The van der Waals surface area contributed by atoms with Gasteiger partial charge in [-0.3, -0.25) is 0 Å². The molecule has 0 saturated heterocycles. The summed E-state index contributed by atoms with van der Waals surface area (Å²) in [5, 5.41) is 11.7. The first-order valence-electron chi connectivity index (χ1n) is 5.64. The van der Waals surface area contributed by atoms with Crippen LogP contribution < -0.4 is 5.32 Å². The topological polar surface area (TPSA) is 42.7 Å². The molecular weight excluding hydrogens is 188 g/mol. The van der Waals surface area contributed by atoms with Gasteiger partial charge in [0.15, 0.2) is 0 Å². The third-order valence-corrected chi connectivity index (χ3v) is 2.95. The molecule has 0 spiro atoms. The number of nitrogens with one attached hydrogen (secondary N) is 1. The molecule has 0 saturated carbocycles. The van der Waals surface area contributed by atoms with E-state index < -0.39 is 0 Å². The molecule has 15 heavy (non-hydrogen) atoms. The smallest absolute Gasteiger partial charge is 0.146 e. The number of aryl methyl sites for hydroxylation is 1. The summed E-state index contributed by atoms with van der Waals surface area (Å²) < 4.78 is 2.03. The lowest BCUT2D eigenvalue weighted by Crippen LogP contribution is -2.33.